The van der Waals surface area contributed by atoms with Gasteiger partial charge in [0.1, 0.15) is 17.2 Å². The average molecular weight is 593 g/mol. The number of methoxy groups -OCH3 is 2. The van der Waals surface area contributed by atoms with Gasteiger partial charge in [-0.15, -0.1) is 16.9 Å². The van der Waals surface area contributed by atoms with Crippen LogP contribution in [0.2, 0.25) is 0 Å². The molecule has 43 heavy (non-hydrogen) atoms. The van der Waals surface area contributed by atoms with Gasteiger partial charge in [-0.1, -0.05) is 36.4 Å². The van der Waals surface area contributed by atoms with Gasteiger partial charge in [0.15, 0.2) is 5.82 Å². The molecule has 1 heterocycles. The summed E-state index contributed by atoms with van der Waals surface area (Å²) in [4.78, 5) is 27.4. The van der Waals surface area contributed by atoms with Gasteiger partial charge in [-0.05, 0) is 77.2 Å². The summed E-state index contributed by atoms with van der Waals surface area (Å²) in [5.74, 6) is 1.44. The second kappa shape index (κ2) is 14.0. The number of nitrogens with zero attached hydrogens (tertiary/aromatic N) is 4. The number of hydrogen-bond acceptors (Lipinski definition) is 8. The Hall–Kier alpha value is -5.42. The molecule has 10 nitrogen and oxygen atoms in total. The summed E-state index contributed by atoms with van der Waals surface area (Å²) in [5.41, 5.74) is 2.50. The van der Waals surface area contributed by atoms with Crippen LogP contribution in [0.1, 0.15) is 21.7 Å². The van der Waals surface area contributed by atoms with Gasteiger partial charge in [0.2, 0.25) is 0 Å². The van der Waals surface area contributed by atoms with Gasteiger partial charge in [-0.25, -0.2) is 0 Å². The molecule has 4 aromatic carbocycles. The molecule has 0 unspecified atom stereocenters. The number of carbonyl (C=O) groups excluding carboxylic acids is 2. The quantitative estimate of drug-likeness (QED) is 0.155. The minimum atomic E-state index is -0.496. The second-order valence-electron chi connectivity index (χ2n) is 9.10. The van der Waals surface area contributed by atoms with Crippen LogP contribution in [0.5, 0.6) is 11.5 Å². The molecule has 2 N–H and O–H groups in total. The number of aromatic nitrogens is 4. The molecule has 0 saturated carbocycles. The predicted molar refractivity (Wildman–Crippen MR) is 165 cm³/mol. The van der Waals surface area contributed by atoms with Gasteiger partial charge >= 0.3 is 0 Å². The number of nitrogens with one attached hydrogen (secondary N) is 2. The van der Waals surface area contributed by atoms with Crippen LogP contribution < -0.4 is 20.1 Å². The van der Waals surface area contributed by atoms with Crippen molar-refractivity contribution < 1.29 is 19.1 Å². The zero-order valence-electron chi connectivity index (χ0n) is 23.4. The first-order valence-electron chi connectivity index (χ1n) is 13.2. The summed E-state index contributed by atoms with van der Waals surface area (Å²) >= 11 is 1.57. The first kappa shape index (κ1) is 29.1. The zero-order valence-corrected chi connectivity index (χ0v) is 24.2. The number of rotatable bonds is 11. The molecule has 0 radical (unpaired) electrons. The molecular formula is C32H28N6O4S. The minimum Gasteiger partial charge on any atom is -0.497 e. The van der Waals surface area contributed by atoms with Crippen molar-refractivity contribution in [1.82, 2.24) is 25.5 Å². The molecule has 0 spiro atoms. The molecule has 0 aliphatic heterocycles. The summed E-state index contributed by atoms with van der Waals surface area (Å²) in [6.07, 6.45) is 1.57. The van der Waals surface area contributed by atoms with Crippen molar-refractivity contribution in [2.24, 2.45) is 0 Å². The molecule has 1 aromatic heterocycles. The third-order valence-corrected chi connectivity index (χ3v) is 7.29. The van der Waals surface area contributed by atoms with Crippen LogP contribution in [-0.4, -0.2) is 46.2 Å². The molecule has 0 saturated heterocycles. The molecule has 216 valence electrons. The predicted octanol–water partition coefficient (Wildman–Crippen LogP) is 5.38. The number of carbonyl (C=O) groups is 2. The van der Waals surface area contributed by atoms with Gasteiger partial charge in [0, 0.05) is 27.8 Å². The lowest BCUT2D eigenvalue weighted by Gasteiger charge is -2.13. The SMILES string of the molecule is COc1ccc(/C=C(\NC(=O)c2ccccc2)C(=O)Nc2ccc(SCc3nnnn3-c3ccccc3)cc2)c(OC)c1. The fraction of sp³-hybridized carbons (Fsp3) is 0.0938. The van der Waals surface area contributed by atoms with Crippen LogP contribution in [0.3, 0.4) is 0 Å². The summed E-state index contributed by atoms with van der Waals surface area (Å²) in [6, 6.07) is 31.0. The van der Waals surface area contributed by atoms with E-state index in [4.69, 9.17) is 9.47 Å². The van der Waals surface area contributed by atoms with Crippen molar-refractivity contribution in [1.29, 1.82) is 0 Å². The molecule has 0 aliphatic carbocycles. The number of thioether (sulfide) groups is 1. The third-order valence-electron chi connectivity index (χ3n) is 6.28. The summed E-state index contributed by atoms with van der Waals surface area (Å²) < 4.78 is 12.5. The highest BCUT2D eigenvalue weighted by molar-refractivity contribution is 7.98. The van der Waals surface area contributed by atoms with Crippen molar-refractivity contribution in [2.75, 3.05) is 19.5 Å². The van der Waals surface area contributed by atoms with Gasteiger partial charge in [0.25, 0.3) is 11.8 Å². The number of ether oxygens (including phenoxy) is 2. The van der Waals surface area contributed by atoms with Crippen LogP contribution in [0.25, 0.3) is 11.8 Å². The first-order chi connectivity index (χ1) is 21.0. The van der Waals surface area contributed by atoms with Crippen molar-refractivity contribution >= 4 is 35.3 Å². The van der Waals surface area contributed by atoms with Gasteiger partial charge in [-0.2, -0.15) is 4.68 Å². The number of benzene rings is 4. The van der Waals surface area contributed by atoms with Gasteiger partial charge < -0.3 is 20.1 Å². The van der Waals surface area contributed by atoms with E-state index in [9.17, 15) is 9.59 Å². The number of para-hydroxylation sites is 1. The first-order valence-corrected chi connectivity index (χ1v) is 14.2. The van der Waals surface area contributed by atoms with E-state index in [1.807, 2.05) is 48.5 Å². The van der Waals surface area contributed by atoms with E-state index in [1.54, 1.807) is 84.2 Å². The Morgan fingerprint density at radius 3 is 2.30 bits per heavy atom. The Morgan fingerprint density at radius 2 is 1.60 bits per heavy atom. The maximum Gasteiger partial charge on any atom is 0.272 e. The number of anilines is 1. The standard InChI is InChI=1S/C32H28N6O4S/c1-41-26-16-13-23(29(20-26)42-2)19-28(34-31(39)22-9-5-3-6-10-22)32(40)33-24-14-17-27(18-15-24)43-21-30-35-36-37-38(30)25-11-7-4-8-12-25/h3-20H,21H2,1-2H3,(H,33,40)(H,34,39)/b28-19-. The highest BCUT2D eigenvalue weighted by Crippen LogP contribution is 2.27. The zero-order chi connectivity index (χ0) is 30.0. The Kier molecular flexibility index (Phi) is 9.45. The van der Waals surface area contributed by atoms with Gasteiger partial charge in [-0.3, -0.25) is 9.59 Å². The molecule has 5 rings (SSSR count). The summed E-state index contributed by atoms with van der Waals surface area (Å²) in [5, 5.41) is 17.7. The van der Waals surface area contributed by atoms with Gasteiger partial charge in [0.05, 0.1) is 25.7 Å². The van der Waals surface area contributed by atoms with E-state index in [-0.39, 0.29) is 5.70 Å². The molecule has 0 fully saturated rings. The maximum absolute atomic E-state index is 13.5. The van der Waals surface area contributed by atoms with Crippen molar-refractivity contribution in [3.63, 3.8) is 0 Å². The molecule has 11 heteroatoms. The normalized spacial score (nSPS) is 11.1. The lowest BCUT2D eigenvalue weighted by atomic mass is 10.1. The van der Waals surface area contributed by atoms with Crippen LogP contribution >= 0.6 is 11.8 Å². The highest BCUT2D eigenvalue weighted by Gasteiger charge is 2.17. The monoisotopic (exact) mass is 592 g/mol. The second-order valence-corrected chi connectivity index (χ2v) is 10.1. The maximum atomic E-state index is 13.5. The molecule has 2 amide bonds. The molecule has 0 bridgehead atoms. The molecule has 5 aromatic rings. The largest absolute Gasteiger partial charge is 0.497 e. The Balaban J connectivity index is 1.31. The van der Waals surface area contributed by atoms with E-state index >= 15 is 0 Å². The fourth-order valence-electron chi connectivity index (χ4n) is 4.08. The molecule has 0 aliphatic rings. The number of amides is 2. The fourth-order valence-corrected chi connectivity index (χ4v) is 4.89. The Morgan fingerprint density at radius 1 is 0.884 bits per heavy atom. The van der Waals surface area contributed by atoms with Crippen molar-refractivity contribution in [3.8, 4) is 17.2 Å². The number of hydrogen-bond donors (Lipinski definition) is 2. The van der Waals surface area contributed by atoms with E-state index in [0.29, 0.717) is 39.9 Å². The lowest BCUT2D eigenvalue weighted by Crippen LogP contribution is -2.30. The van der Waals surface area contributed by atoms with E-state index in [2.05, 4.69) is 26.2 Å². The van der Waals surface area contributed by atoms with Crippen molar-refractivity contribution in [2.45, 2.75) is 10.6 Å². The van der Waals surface area contributed by atoms with E-state index < -0.39 is 11.8 Å². The average Bonchev–Trinajstić information content (AvgIpc) is 3.53. The van der Waals surface area contributed by atoms with Crippen LogP contribution in [-0.2, 0) is 10.5 Å². The third kappa shape index (κ3) is 7.46. The molecular weight excluding hydrogens is 564 g/mol. The molecule has 0 atom stereocenters. The minimum absolute atomic E-state index is 0.0449. The Bertz CT molecular complexity index is 1720. The number of tetrazole rings is 1. The smallest absolute Gasteiger partial charge is 0.272 e. The van der Waals surface area contributed by atoms with Crippen LogP contribution in [0.15, 0.2) is 114 Å². The van der Waals surface area contributed by atoms with Crippen LogP contribution in [0.4, 0.5) is 5.69 Å². The summed E-state index contributed by atoms with van der Waals surface area (Å²) in [7, 11) is 3.08. The van der Waals surface area contributed by atoms with E-state index in [0.717, 1.165) is 10.6 Å². The van der Waals surface area contributed by atoms with Crippen molar-refractivity contribution in [3.05, 3.63) is 126 Å². The highest BCUT2D eigenvalue weighted by atomic mass is 32.2. The van der Waals surface area contributed by atoms with Crippen LogP contribution in [0, 0.1) is 0 Å². The topological polar surface area (TPSA) is 120 Å². The van der Waals surface area contributed by atoms with E-state index in [1.165, 1.54) is 7.11 Å². The summed E-state index contributed by atoms with van der Waals surface area (Å²) in [6.45, 7) is 0. The Labute approximate surface area is 252 Å². The lowest BCUT2D eigenvalue weighted by molar-refractivity contribution is -0.113.